The molecule has 1 amide bonds. The molecule has 0 aliphatic carbocycles. The number of nitrogens with one attached hydrogen (secondary N) is 1. The van der Waals surface area contributed by atoms with Crippen molar-refractivity contribution in [3.8, 4) is 0 Å². The van der Waals surface area contributed by atoms with Crippen molar-refractivity contribution < 1.29 is 23.1 Å². The summed E-state index contributed by atoms with van der Waals surface area (Å²) in [4.78, 5) is 27.0. The van der Waals surface area contributed by atoms with Crippen LogP contribution in [0.25, 0.3) is 0 Å². The van der Waals surface area contributed by atoms with Crippen LogP contribution in [0.2, 0.25) is 0 Å². The van der Waals surface area contributed by atoms with Gasteiger partial charge in [0.25, 0.3) is 5.91 Å². The van der Waals surface area contributed by atoms with Crippen molar-refractivity contribution in [1.29, 1.82) is 0 Å². The molecule has 0 aliphatic rings. The molecule has 0 spiro atoms. The Hall–Kier alpha value is -2.83. The number of anilines is 1. The number of pyridine rings is 1. The number of hydrogen-bond donors (Lipinski definition) is 1. The van der Waals surface area contributed by atoms with Crippen LogP contribution in [0.3, 0.4) is 0 Å². The molecule has 0 saturated carbocycles. The number of carbonyl (C=O) groups is 2. The molecule has 0 atom stereocenters. The molecule has 0 unspecified atom stereocenters. The van der Waals surface area contributed by atoms with Gasteiger partial charge in [-0.05, 0) is 30.3 Å². The Kier molecular flexibility index (Phi) is 4.22. The SMILES string of the molecule is COC(=O)c1ccnc(NC(=O)c2cc(F)ccc2F)c1. The maximum absolute atomic E-state index is 13.5. The van der Waals surface area contributed by atoms with Crippen molar-refractivity contribution in [1.82, 2.24) is 4.98 Å². The van der Waals surface area contributed by atoms with Crippen molar-refractivity contribution >= 4 is 17.7 Å². The Bertz CT molecular complexity index is 704. The molecular formula is C14H10F2N2O3. The average molecular weight is 292 g/mol. The van der Waals surface area contributed by atoms with Crippen LogP contribution in [0.1, 0.15) is 20.7 Å². The first-order valence-corrected chi connectivity index (χ1v) is 5.82. The predicted octanol–water partition coefficient (Wildman–Crippen LogP) is 2.40. The highest BCUT2D eigenvalue weighted by Gasteiger charge is 2.14. The van der Waals surface area contributed by atoms with E-state index in [-0.39, 0.29) is 11.4 Å². The Balaban J connectivity index is 2.23. The molecule has 2 aromatic rings. The monoisotopic (exact) mass is 292 g/mol. The number of methoxy groups -OCH3 is 1. The van der Waals surface area contributed by atoms with Gasteiger partial charge in [0.05, 0.1) is 18.2 Å². The summed E-state index contributed by atoms with van der Waals surface area (Å²) in [6.45, 7) is 0. The maximum atomic E-state index is 13.5. The summed E-state index contributed by atoms with van der Waals surface area (Å²) in [6, 6.07) is 5.19. The smallest absolute Gasteiger partial charge is 0.338 e. The fourth-order valence-corrected chi connectivity index (χ4v) is 1.60. The highest BCUT2D eigenvalue weighted by molar-refractivity contribution is 6.04. The molecule has 1 aromatic heterocycles. The van der Waals surface area contributed by atoms with Crippen LogP contribution in [0.4, 0.5) is 14.6 Å². The fourth-order valence-electron chi connectivity index (χ4n) is 1.60. The highest BCUT2D eigenvalue weighted by Crippen LogP contribution is 2.13. The van der Waals surface area contributed by atoms with E-state index in [0.717, 1.165) is 18.2 Å². The Morgan fingerprint density at radius 2 is 1.95 bits per heavy atom. The zero-order valence-corrected chi connectivity index (χ0v) is 10.9. The second-order valence-corrected chi connectivity index (χ2v) is 4.00. The first-order chi connectivity index (χ1) is 10.0. The lowest BCUT2D eigenvalue weighted by Gasteiger charge is -2.06. The van der Waals surface area contributed by atoms with Gasteiger partial charge in [0.15, 0.2) is 0 Å². The van der Waals surface area contributed by atoms with Crippen LogP contribution >= 0.6 is 0 Å². The molecule has 0 aliphatic heterocycles. The predicted molar refractivity (Wildman–Crippen MR) is 69.9 cm³/mol. The van der Waals surface area contributed by atoms with Gasteiger partial charge >= 0.3 is 5.97 Å². The van der Waals surface area contributed by atoms with Crippen molar-refractivity contribution in [3.63, 3.8) is 0 Å². The van der Waals surface area contributed by atoms with E-state index in [0.29, 0.717) is 0 Å². The number of amides is 1. The third-order valence-corrected chi connectivity index (χ3v) is 2.60. The van der Waals surface area contributed by atoms with Gasteiger partial charge in [-0.1, -0.05) is 0 Å². The van der Waals surface area contributed by atoms with E-state index in [1.165, 1.54) is 25.4 Å². The lowest BCUT2D eigenvalue weighted by atomic mass is 10.2. The molecule has 0 saturated heterocycles. The first kappa shape index (κ1) is 14.6. The van der Waals surface area contributed by atoms with E-state index in [1.54, 1.807) is 0 Å². The largest absolute Gasteiger partial charge is 0.465 e. The Labute approximate surface area is 118 Å². The van der Waals surface area contributed by atoms with Crippen molar-refractivity contribution in [2.75, 3.05) is 12.4 Å². The number of nitrogens with zero attached hydrogens (tertiary/aromatic N) is 1. The minimum Gasteiger partial charge on any atom is -0.465 e. The van der Waals surface area contributed by atoms with E-state index in [2.05, 4.69) is 15.0 Å². The number of hydrogen-bond acceptors (Lipinski definition) is 4. The summed E-state index contributed by atoms with van der Waals surface area (Å²) in [7, 11) is 1.21. The summed E-state index contributed by atoms with van der Waals surface area (Å²) in [6.07, 6.45) is 1.28. The van der Waals surface area contributed by atoms with Crippen LogP contribution in [-0.2, 0) is 4.74 Å². The molecule has 1 heterocycles. The van der Waals surface area contributed by atoms with Gasteiger partial charge in [-0.2, -0.15) is 0 Å². The molecular weight excluding hydrogens is 282 g/mol. The van der Waals surface area contributed by atoms with E-state index in [1.807, 2.05) is 0 Å². The van der Waals surface area contributed by atoms with Gasteiger partial charge in [0.1, 0.15) is 17.5 Å². The number of ether oxygens (including phenoxy) is 1. The molecule has 5 nitrogen and oxygen atoms in total. The molecule has 0 bridgehead atoms. The zero-order valence-electron chi connectivity index (χ0n) is 10.9. The summed E-state index contributed by atoms with van der Waals surface area (Å²) in [5, 5.41) is 2.28. The second-order valence-electron chi connectivity index (χ2n) is 4.00. The summed E-state index contributed by atoms with van der Waals surface area (Å²) >= 11 is 0. The molecule has 21 heavy (non-hydrogen) atoms. The van der Waals surface area contributed by atoms with Crippen molar-refractivity contribution in [2.45, 2.75) is 0 Å². The number of carbonyl (C=O) groups excluding carboxylic acids is 2. The fraction of sp³-hybridized carbons (Fsp3) is 0.0714. The minimum atomic E-state index is -0.874. The third kappa shape index (κ3) is 3.38. The van der Waals surface area contributed by atoms with Crippen LogP contribution in [0.5, 0.6) is 0 Å². The highest BCUT2D eigenvalue weighted by atomic mass is 19.1. The molecule has 0 fully saturated rings. The van der Waals surface area contributed by atoms with Crippen LogP contribution in [0, 0.1) is 11.6 Å². The number of aromatic nitrogens is 1. The lowest BCUT2D eigenvalue weighted by Crippen LogP contribution is -2.15. The van der Waals surface area contributed by atoms with Gasteiger partial charge in [0.2, 0.25) is 0 Å². The molecule has 108 valence electrons. The van der Waals surface area contributed by atoms with Gasteiger partial charge in [-0.15, -0.1) is 0 Å². The van der Waals surface area contributed by atoms with Gasteiger partial charge in [-0.25, -0.2) is 18.6 Å². The van der Waals surface area contributed by atoms with E-state index in [4.69, 9.17) is 0 Å². The number of esters is 1. The summed E-state index contributed by atoms with van der Waals surface area (Å²) < 4.78 is 31.0. The number of benzene rings is 1. The first-order valence-electron chi connectivity index (χ1n) is 5.82. The van der Waals surface area contributed by atoms with Crippen LogP contribution < -0.4 is 5.32 Å². The third-order valence-electron chi connectivity index (χ3n) is 2.60. The minimum absolute atomic E-state index is 0.0200. The quantitative estimate of drug-likeness (QED) is 0.882. The van der Waals surface area contributed by atoms with Crippen LogP contribution in [-0.4, -0.2) is 24.0 Å². The normalized spacial score (nSPS) is 10.0. The van der Waals surface area contributed by atoms with Crippen LogP contribution in [0.15, 0.2) is 36.5 Å². The average Bonchev–Trinajstić information content (AvgIpc) is 2.49. The van der Waals surface area contributed by atoms with Gasteiger partial charge < -0.3 is 10.1 Å². The second kappa shape index (κ2) is 6.08. The maximum Gasteiger partial charge on any atom is 0.338 e. The molecule has 0 radical (unpaired) electrons. The molecule has 2 rings (SSSR count). The van der Waals surface area contributed by atoms with E-state index < -0.39 is 29.1 Å². The summed E-state index contributed by atoms with van der Waals surface area (Å²) in [5.74, 6) is -3.06. The number of halogens is 2. The van der Waals surface area contributed by atoms with Gasteiger partial charge in [0, 0.05) is 6.20 Å². The summed E-state index contributed by atoms with van der Waals surface area (Å²) in [5.41, 5.74) is -0.289. The molecule has 7 heteroatoms. The Morgan fingerprint density at radius 1 is 1.19 bits per heavy atom. The van der Waals surface area contributed by atoms with Crippen molar-refractivity contribution in [3.05, 3.63) is 59.3 Å². The van der Waals surface area contributed by atoms with Gasteiger partial charge in [-0.3, -0.25) is 4.79 Å². The lowest BCUT2D eigenvalue weighted by molar-refractivity contribution is 0.0600. The van der Waals surface area contributed by atoms with E-state index >= 15 is 0 Å². The topological polar surface area (TPSA) is 68.3 Å². The standard InChI is InChI=1S/C14H10F2N2O3/c1-21-14(20)8-4-5-17-12(6-8)18-13(19)10-7-9(15)2-3-11(10)16/h2-7H,1H3,(H,17,18,19). The molecule has 1 aromatic carbocycles. The van der Waals surface area contributed by atoms with Crippen molar-refractivity contribution in [2.24, 2.45) is 0 Å². The van der Waals surface area contributed by atoms with E-state index in [9.17, 15) is 18.4 Å². The molecule has 1 N–H and O–H groups in total. The Morgan fingerprint density at radius 3 is 2.67 bits per heavy atom. The number of rotatable bonds is 3. The zero-order chi connectivity index (χ0) is 15.4.